The number of ether oxygens (including phenoxy) is 2. The molecule has 2 aromatic carbocycles. The Bertz CT molecular complexity index is 603. The lowest BCUT2D eigenvalue weighted by atomic mass is 10.1. The Hall–Kier alpha value is -2.51. The average Bonchev–Trinajstić information content (AvgIpc) is 2.54. The van der Waals surface area contributed by atoms with Crippen LogP contribution in [0.15, 0.2) is 48.5 Å². The molecule has 0 radical (unpaired) electrons. The number of nitrogens with zero attached hydrogens (tertiary/aromatic N) is 1. The van der Waals surface area contributed by atoms with Gasteiger partial charge in [0.25, 0.3) is 0 Å². The van der Waals surface area contributed by atoms with Crippen molar-refractivity contribution in [3.05, 3.63) is 59.7 Å². The molecule has 0 atom stereocenters. The highest BCUT2D eigenvalue weighted by atomic mass is 16.5. The zero-order valence-corrected chi connectivity index (χ0v) is 11.8. The van der Waals surface area contributed by atoms with E-state index in [1.807, 2.05) is 42.5 Å². The van der Waals surface area contributed by atoms with Crippen molar-refractivity contribution in [2.75, 3.05) is 13.2 Å². The Morgan fingerprint density at radius 1 is 1.00 bits per heavy atom. The van der Waals surface area contributed by atoms with Crippen molar-refractivity contribution in [3.63, 3.8) is 0 Å². The molecule has 0 aromatic heterocycles. The van der Waals surface area contributed by atoms with E-state index in [1.54, 1.807) is 6.07 Å². The molecule has 4 heteroatoms. The summed E-state index contributed by atoms with van der Waals surface area (Å²) in [7, 11) is 0. The summed E-state index contributed by atoms with van der Waals surface area (Å²) in [5, 5.41) is 8.85. The third-order valence-corrected chi connectivity index (χ3v) is 2.90. The number of hydrogen-bond acceptors (Lipinski definition) is 4. The molecule has 0 saturated carbocycles. The van der Waals surface area contributed by atoms with Crippen molar-refractivity contribution in [2.24, 2.45) is 5.73 Å². The monoisotopic (exact) mass is 282 g/mol. The fraction of sp³-hybridized carbons (Fsp3) is 0.235. The summed E-state index contributed by atoms with van der Waals surface area (Å²) < 4.78 is 11.2. The quantitative estimate of drug-likeness (QED) is 0.793. The lowest BCUT2D eigenvalue weighted by Gasteiger charge is -2.08. The molecule has 0 aliphatic carbocycles. The van der Waals surface area contributed by atoms with Gasteiger partial charge in [-0.05, 0) is 54.9 Å². The molecule has 0 spiro atoms. The van der Waals surface area contributed by atoms with Crippen LogP contribution in [0.5, 0.6) is 11.5 Å². The van der Waals surface area contributed by atoms with Crippen LogP contribution in [0.2, 0.25) is 0 Å². The molecular formula is C17H18N2O2. The second kappa shape index (κ2) is 7.93. The minimum atomic E-state index is 0.433. The summed E-state index contributed by atoms with van der Waals surface area (Å²) >= 11 is 0. The van der Waals surface area contributed by atoms with Gasteiger partial charge in [0.05, 0.1) is 18.2 Å². The van der Waals surface area contributed by atoms with Gasteiger partial charge in [-0.15, -0.1) is 0 Å². The largest absolute Gasteiger partial charge is 0.494 e. The zero-order chi connectivity index (χ0) is 14.9. The van der Waals surface area contributed by atoms with Crippen LogP contribution in [0.25, 0.3) is 0 Å². The standard InChI is InChI=1S/C17H18N2O2/c18-9-2-10-20-16-5-7-17(8-6-16)21-13-15-4-1-3-14(11-15)12-19/h1,3-8,11H,2,9-10,13,18H2. The third-order valence-electron chi connectivity index (χ3n) is 2.90. The minimum absolute atomic E-state index is 0.433. The minimum Gasteiger partial charge on any atom is -0.494 e. The molecule has 4 nitrogen and oxygen atoms in total. The summed E-state index contributed by atoms with van der Waals surface area (Å²) in [6, 6.07) is 17.0. The normalized spacial score (nSPS) is 9.90. The molecule has 0 aliphatic heterocycles. The van der Waals surface area contributed by atoms with E-state index in [4.69, 9.17) is 20.5 Å². The van der Waals surface area contributed by atoms with Gasteiger partial charge < -0.3 is 15.2 Å². The molecule has 0 aliphatic rings. The Morgan fingerprint density at radius 3 is 2.38 bits per heavy atom. The van der Waals surface area contributed by atoms with E-state index in [0.29, 0.717) is 25.3 Å². The van der Waals surface area contributed by atoms with Gasteiger partial charge >= 0.3 is 0 Å². The second-order valence-corrected chi connectivity index (χ2v) is 4.56. The van der Waals surface area contributed by atoms with Crippen LogP contribution in [-0.4, -0.2) is 13.2 Å². The molecule has 108 valence electrons. The van der Waals surface area contributed by atoms with Crippen molar-refractivity contribution in [2.45, 2.75) is 13.0 Å². The summed E-state index contributed by atoms with van der Waals surface area (Å²) in [4.78, 5) is 0. The van der Waals surface area contributed by atoms with E-state index in [0.717, 1.165) is 23.5 Å². The predicted molar refractivity (Wildman–Crippen MR) is 81.1 cm³/mol. The van der Waals surface area contributed by atoms with Crippen molar-refractivity contribution in [1.29, 1.82) is 5.26 Å². The summed E-state index contributed by atoms with van der Waals surface area (Å²) in [6.45, 7) is 1.68. The van der Waals surface area contributed by atoms with Crippen LogP contribution in [0.1, 0.15) is 17.5 Å². The Balaban J connectivity index is 1.87. The van der Waals surface area contributed by atoms with Crippen LogP contribution in [-0.2, 0) is 6.61 Å². The molecule has 0 fully saturated rings. The maximum absolute atomic E-state index is 8.85. The topological polar surface area (TPSA) is 68.3 Å². The second-order valence-electron chi connectivity index (χ2n) is 4.56. The molecule has 2 N–H and O–H groups in total. The van der Waals surface area contributed by atoms with Gasteiger partial charge in [-0.3, -0.25) is 0 Å². The van der Waals surface area contributed by atoms with E-state index >= 15 is 0 Å². The van der Waals surface area contributed by atoms with Crippen molar-refractivity contribution >= 4 is 0 Å². The van der Waals surface area contributed by atoms with Crippen LogP contribution in [0.3, 0.4) is 0 Å². The van der Waals surface area contributed by atoms with Crippen LogP contribution < -0.4 is 15.2 Å². The highest BCUT2D eigenvalue weighted by Gasteiger charge is 1.99. The number of benzene rings is 2. The smallest absolute Gasteiger partial charge is 0.120 e. The van der Waals surface area contributed by atoms with Gasteiger partial charge in [0, 0.05) is 0 Å². The first kappa shape index (κ1) is 14.9. The van der Waals surface area contributed by atoms with E-state index in [2.05, 4.69) is 6.07 Å². The Morgan fingerprint density at radius 2 is 1.71 bits per heavy atom. The highest BCUT2D eigenvalue weighted by molar-refractivity contribution is 5.34. The van der Waals surface area contributed by atoms with Crippen molar-refractivity contribution in [1.82, 2.24) is 0 Å². The van der Waals surface area contributed by atoms with Gasteiger partial charge in [-0.2, -0.15) is 5.26 Å². The van der Waals surface area contributed by atoms with Crippen LogP contribution >= 0.6 is 0 Å². The van der Waals surface area contributed by atoms with Crippen molar-refractivity contribution in [3.8, 4) is 17.6 Å². The van der Waals surface area contributed by atoms with E-state index in [9.17, 15) is 0 Å². The summed E-state index contributed by atoms with van der Waals surface area (Å²) in [5.41, 5.74) is 7.02. The number of hydrogen-bond donors (Lipinski definition) is 1. The van der Waals surface area contributed by atoms with Crippen LogP contribution in [0.4, 0.5) is 0 Å². The molecule has 0 heterocycles. The maximum Gasteiger partial charge on any atom is 0.120 e. The fourth-order valence-corrected chi connectivity index (χ4v) is 1.80. The zero-order valence-electron chi connectivity index (χ0n) is 11.8. The van der Waals surface area contributed by atoms with E-state index in [1.165, 1.54) is 0 Å². The molecule has 0 unspecified atom stereocenters. The first-order chi connectivity index (χ1) is 10.3. The van der Waals surface area contributed by atoms with Gasteiger partial charge in [0.15, 0.2) is 0 Å². The lowest BCUT2D eigenvalue weighted by molar-refractivity contribution is 0.300. The Labute approximate surface area is 124 Å². The first-order valence-electron chi connectivity index (χ1n) is 6.86. The van der Waals surface area contributed by atoms with Gasteiger partial charge in [-0.25, -0.2) is 0 Å². The number of nitrogens with two attached hydrogens (primary N) is 1. The van der Waals surface area contributed by atoms with E-state index < -0.39 is 0 Å². The molecule has 0 bridgehead atoms. The highest BCUT2D eigenvalue weighted by Crippen LogP contribution is 2.19. The lowest BCUT2D eigenvalue weighted by Crippen LogP contribution is -2.06. The summed E-state index contributed by atoms with van der Waals surface area (Å²) in [6.07, 6.45) is 0.841. The first-order valence-corrected chi connectivity index (χ1v) is 6.86. The maximum atomic E-state index is 8.85. The molecule has 2 rings (SSSR count). The van der Waals surface area contributed by atoms with Gasteiger partial charge in [0.1, 0.15) is 18.1 Å². The third kappa shape index (κ3) is 4.83. The van der Waals surface area contributed by atoms with Gasteiger partial charge in [-0.1, -0.05) is 12.1 Å². The average molecular weight is 282 g/mol. The molecule has 0 amide bonds. The number of nitriles is 1. The predicted octanol–water partition coefficient (Wildman–Crippen LogP) is 2.86. The molecular weight excluding hydrogens is 264 g/mol. The van der Waals surface area contributed by atoms with E-state index in [-0.39, 0.29) is 0 Å². The van der Waals surface area contributed by atoms with Gasteiger partial charge in [0.2, 0.25) is 0 Å². The molecule has 21 heavy (non-hydrogen) atoms. The van der Waals surface area contributed by atoms with Crippen LogP contribution in [0, 0.1) is 11.3 Å². The Kier molecular flexibility index (Phi) is 5.62. The van der Waals surface area contributed by atoms with Crippen molar-refractivity contribution < 1.29 is 9.47 Å². The molecule has 0 saturated heterocycles. The SMILES string of the molecule is N#Cc1cccc(COc2ccc(OCCCN)cc2)c1. The molecule has 2 aromatic rings. The summed E-state index contributed by atoms with van der Waals surface area (Å²) in [5.74, 6) is 1.57. The fourth-order valence-electron chi connectivity index (χ4n) is 1.80. The number of rotatable bonds is 7.